The van der Waals surface area contributed by atoms with E-state index in [1.807, 2.05) is 41.9 Å². The van der Waals surface area contributed by atoms with Crippen LogP contribution in [0.3, 0.4) is 0 Å². The molecule has 6 heteroatoms. The molecule has 1 aliphatic rings. The van der Waals surface area contributed by atoms with Gasteiger partial charge in [-0.25, -0.2) is 4.68 Å². The molecule has 1 saturated heterocycles. The minimum absolute atomic E-state index is 0.655. The van der Waals surface area contributed by atoms with Gasteiger partial charge in [-0.3, -0.25) is 5.01 Å². The van der Waals surface area contributed by atoms with Crippen LogP contribution in [0, 0.1) is 11.8 Å². The van der Waals surface area contributed by atoms with Crippen LogP contribution in [0.2, 0.25) is 0 Å². The van der Waals surface area contributed by atoms with Gasteiger partial charge in [-0.05, 0) is 19.1 Å². The fraction of sp³-hybridized carbons (Fsp3) is 0.357. The SMILES string of the molecule is Cc1cc(N2CCN(N=O)CC2)n(-c2ccccc2)n1. The molecule has 1 aliphatic heterocycles. The summed E-state index contributed by atoms with van der Waals surface area (Å²) in [4.78, 5) is 12.8. The van der Waals surface area contributed by atoms with Gasteiger partial charge in [-0.2, -0.15) is 5.10 Å². The van der Waals surface area contributed by atoms with E-state index in [4.69, 9.17) is 0 Å². The fourth-order valence-electron chi connectivity index (χ4n) is 2.48. The highest BCUT2D eigenvalue weighted by molar-refractivity contribution is 5.48. The summed E-state index contributed by atoms with van der Waals surface area (Å²) in [6.07, 6.45) is 0. The van der Waals surface area contributed by atoms with Crippen LogP contribution in [-0.4, -0.2) is 41.0 Å². The average Bonchev–Trinajstić information content (AvgIpc) is 2.90. The predicted octanol–water partition coefficient (Wildman–Crippen LogP) is 1.98. The molecule has 0 radical (unpaired) electrons. The van der Waals surface area contributed by atoms with E-state index in [2.05, 4.69) is 21.4 Å². The number of benzene rings is 1. The number of hydrogen-bond acceptors (Lipinski definition) is 4. The van der Waals surface area contributed by atoms with E-state index in [1.54, 1.807) is 5.01 Å². The highest BCUT2D eigenvalue weighted by Crippen LogP contribution is 2.22. The zero-order valence-electron chi connectivity index (χ0n) is 11.4. The summed E-state index contributed by atoms with van der Waals surface area (Å²) >= 11 is 0. The molecule has 0 unspecified atom stereocenters. The van der Waals surface area contributed by atoms with E-state index in [0.717, 1.165) is 30.3 Å². The van der Waals surface area contributed by atoms with Crippen LogP contribution < -0.4 is 4.90 Å². The molecule has 1 aromatic carbocycles. The molecule has 0 spiro atoms. The first-order valence-corrected chi connectivity index (χ1v) is 6.73. The molecular formula is C14H17N5O. The summed E-state index contributed by atoms with van der Waals surface area (Å²) in [5.41, 5.74) is 2.03. The Labute approximate surface area is 117 Å². The summed E-state index contributed by atoms with van der Waals surface area (Å²) in [6, 6.07) is 12.2. The second-order valence-corrected chi connectivity index (χ2v) is 4.91. The van der Waals surface area contributed by atoms with Gasteiger partial charge in [0.05, 0.1) is 29.8 Å². The molecule has 20 heavy (non-hydrogen) atoms. The first-order valence-electron chi connectivity index (χ1n) is 6.73. The van der Waals surface area contributed by atoms with Crippen LogP contribution in [0.25, 0.3) is 5.69 Å². The topological polar surface area (TPSA) is 53.7 Å². The normalized spacial score (nSPS) is 15.4. The standard InChI is InChI=1S/C14H17N5O/c1-12-11-14(17-7-9-18(16-20)10-8-17)19(15-12)13-5-3-2-4-6-13/h2-6,11H,7-10H2,1H3. The number of anilines is 1. The first-order chi connectivity index (χ1) is 9.78. The lowest BCUT2D eigenvalue weighted by Gasteiger charge is -2.32. The Morgan fingerprint density at radius 3 is 2.45 bits per heavy atom. The monoisotopic (exact) mass is 271 g/mol. The Balaban J connectivity index is 1.89. The van der Waals surface area contributed by atoms with Crippen molar-refractivity contribution in [3.63, 3.8) is 0 Å². The van der Waals surface area contributed by atoms with Gasteiger partial charge in [0.25, 0.3) is 0 Å². The Kier molecular flexibility index (Phi) is 3.37. The van der Waals surface area contributed by atoms with Crippen molar-refractivity contribution >= 4 is 5.82 Å². The number of nitrogens with zero attached hydrogens (tertiary/aromatic N) is 5. The van der Waals surface area contributed by atoms with Gasteiger partial charge < -0.3 is 4.90 Å². The minimum atomic E-state index is 0.655. The zero-order chi connectivity index (χ0) is 13.9. The largest absolute Gasteiger partial charge is 0.353 e. The highest BCUT2D eigenvalue weighted by atomic mass is 16.3. The van der Waals surface area contributed by atoms with Gasteiger partial charge in [-0.15, -0.1) is 4.91 Å². The lowest BCUT2D eigenvalue weighted by molar-refractivity contribution is 0.265. The molecule has 6 nitrogen and oxygen atoms in total. The molecule has 1 aromatic heterocycles. The van der Waals surface area contributed by atoms with Gasteiger partial charge in [0.1, 0.15) is 5.82 Å². The second kappa shape index (κ2) is 5.32. The number of rotatable bonds is 3. The van der Waals surface area contributed by atoms with E-state index >= 15 is 0 Å². The average molecular weight is 271 g/mol. The molecular weight excluding hydrogens is 254 g/mol. The maximum absolute atomic E-state index is 10.5. The van der Waals surface area contributed by atoms with Crippen molar-refractivity contribution in [3.05, 3.63) is 47.0 Å². The summed E-state index contributed by atoms with van der Waals surface area (Å²) in [5, 5.41) is 9.13. The molecule has 0 atom stereocenters. The molecule has 0 bridgehead atoms. The van der Waals surface area contributed by atoms with Crippen molar-refractivity contribution in [2.24, 2.45) is 5.29 Å². The molecule has 3 rings (SSSR count). The minimum Gasteiger partial charge on any atom is -0.353 e. The number of hydrogen-bond donors (Lipinski definition) is 0. The van der Waals surface area contributed by atoms with Crippen LogP contribution in [0.1, 0.15) is 5.69 Å². The maximum Gasteiger partial charge on any atom is 0.132 e. The third-order valence-electron chi connectivity index (χ3n) is 3.51. The van der Waals surface area contributed by atoms with Gasteiger partial charge >= 0.3 is 0 Å². The van der Waals surface area contributed by atoms with Crippen LogP contribution in [0.5, 0.6) is 0 Å². The predicted molar refractivity (Wildman–Crippen MR) is 77.9 cm³/mol. The molecule has 0 aliphatic carbocycles. The zero-order valence-corrected chi connectivity index (χ0v) is 11.4. The van der Waals surface area contributed by atoms with Crippen molar-refractivity contribution < 1.29 is 0 Å². The summed E-state index contributed by atoms with van der Waals surface area (Å²) < 4.78 is 1.96. The highest BCUT2D eigenvalue weighted by Gasteiger charge is 2.20. The summed E-state index contributed by atoms with van der Waals surface area (Å²) in [6.45, 7) is 4.87. The molecule has 104 valence electrons. The Hall–Kier alpha value is -2.37. The van der Waals surface area contributed by atoms with Crippen LogP contribution in [-0.2, 0) is 0 Å². The van der Waals surface area contributed by atoms with Crippen molar-refractivity contribution in [3.8, 4) is 5.69 Å². The van der Waals surface area contributed by atoms with Crippen LogP contribution in [0.4, 0.5) is 5.82 Å². The molecule has 2 heterocycles. The van der Waals surface area contributed by atoms with Crippen LogP contribution >= 0.6 is 0 Å². The number of aromatic nitrogens is 2. The van der Waals surface area contributed by atoms with E-state index in [-0.39, 0.29) is 0 Å². The molecule has 2 aromatic rings. The van der Waals surface area contributed by atoms with Gasteiger partial charge in [-0.1, -0.05) is 18.2 Å². The third kappa shape index (κ3) is 2.36. The molecule has 1 fully saturated rings. The smallest absolute Gasteiger partial charge is 0.132 e. The van der Waals surface area contributed by atoms with Crippen molar-refractivity contribution in [1.29, 1.82) is 0 Å². The van der Waals surface area contributed by atoms with Crippen molar-refractivity contribution in [2.75, 3.05) is 31.1 Å². The maximum atomic E-state index is 10.5. The molecule has 0 N–H and O–H groups in total. The lowest BCUT2D eigenvalue weighted by atomic mass is 10.3. The number of para-hydroxylation sites is 1. The number of nitroso groups, excluding NO2 is 1. The summed E-state index contributed by atoms with van der Waals surface area (Å²) in [5.74, 6) is 1.07. The molecule has 0 amide bonds. The third-order valence-corrected chi connectivity index (χ3v) is 3.51. The Bertz CT molecular complexity index is 587. The van der Waals surface area contributed by atoms with E-state index in [9.17, 15) is 4.91 Å². The Morgan fingerprint density at radius 1 is 1.10 bits per heavy atom. The van der Waals surface area contributed by atoms with Gasteiger partial charge in [0, 0.05) is 19.2 Å². The van der Waals surface area contributed by atoms with Gasteiger partial charge in [0.15, 0.2) is 0 Å². The Morgan fingerprint density at radius 2 is 1.80 bits per heavy atom. The van der Waals surface area contributed by atoms with Gasteiger partial charge in [0.2, 0.25) is 0 Å². The van der Waals surface area contributed by atoms with Crippen molar-refractivity contribution in [1.82, 2.24) is 14.8 Å². The fourth-order valence-corrected chi connectivity index (χ4v) is 2.48. The number of aryl methyl sites for hydroxylation is 1. The quantitative estimate of drug-likeness (QED) is 0.801. The van der Waals surface area contributed by atoms with E-state index < -0.39 is 0 Å². The summed E-state index contributed by atoms with van der Waals surface area (Å²) in [7, 11) is 0. The molecule has 0 saturated carbocycles. The van der Waals surface area contributed by atoms with Crippen LogP contribution in [0.15, 0.2) is 41.7 Å². The van der Waals surface area contributed by atoms with E-state index in [0.29, 0.717) is 13.1 Å². The number of piperazine rings is 1. The lowest BCUT2D eigenvalue weighted by Crippen LogP contribution is -2.44. The van der Waals surface area contributed by atoms with E-state index in [1.165, 1.54) is 0 Å². The second-order valence-electron chi connectivity index (χ2n) is 4.91. The van der Waals surface area contributed by atoms with Crippen molar-refractivity contribution in [2.45, 2.75) is 6.92 Å². The first kappa shape index (κ1) is 12.7.